The van der Waals surface area contributed by atoms with Crippen molar-refractivity contribution in [3.05, 3.63) is 11.5 Å². The van der Waals surface area contributed by atoms with Crippen LogP contribution < -0.4 is 0 Å². The molecule has 1 aliphatic rings. The molecule has 0 atom stereocenters. The maximum absolute atomic E-state index is 5.99. The molecular formula is C16H25ClN4. The van der Waals surface area contributed by atoms with Crippen LogP contribution in [0.5, 0.6) is 0 Å². The smallest absolute Gasteiger partial charge is 0.158 e. The maximum atomic E-state index is 5.99. The number of halogens is 1. The minimum atomic E-state index is 0.490. The molecule has 0 unspecified atom stereocenters. The van der Waals surface area contributed by atoms with Crippen LogP contribution in [0.15, 0.2) is 0 Å². The van der Waals surface area contributed by atoms with Gasteiger partial charge in [-0.25, -0.2) is 4.98 Å². The summed E-state index contributed by atoms with van der Waals surface area (Å²) in [4.78, 5) is 4.88. The molecule has 0 radical (unpaired) electrons. The molecule has 0 amide bonds. The third kappa shape index (κ3) is 2.59. The molecule has 2 heterocycles. The first kappa shape index (κ1) is 14.9. The predicted octanol–water partition coefficient (Wildman–Crippen LogP) is 3.69. The lowest BCUT2D eigenvalue weighted by atomic mass is 10.0. The van der Waals surface area contributed by atoms with E-state index in [4.69, 9.17) is 16.6 Å². The molecule has 3 rings (SSSR count). The van der Waals surface area contributed by atoms with Crippen LogP contribution in [0.2, 0.25) is 0 Å². The van der Waals surface area contributed by atoms with Gasteiger partial charge in [0.2, 0.25) is 0 Å². The molecule has 5 heteroatoms. The summed E-state index contributed by atoms with van der Waals surface area (Å²) < 4.78 is 4.40. The molecule has 2 aromatic heterocycles. The SMILES string of the molecule is CCCc1nn(C)c2c1nc(CCCl)n2CC1(CC)CC1. The summed E-state index contributed by atoms with van der Waals surface area (Å²) in [6.07, 6.45) is 6.84. The van der Waals surface area contributed by atoms with Gasteiger partial charge < -0.3 is 4.57 Å². The van der Waals surface area contributed by atoms with Gasteiger partial charge in [-0.3, -0.25) is 4.68 Å². The Hall–Kier alpha value is -1.03. The minimum Gasteiger partial charge on any atom is -0.312 e. The van der Waals surface area contributed by atoms with E-state index >= 15 is 0 Å². The molecule has 4 nitrogen and oxygen atoms in total. The zero-order chi connectivity index (χ0) is 15.0. The van der Waals surface area contributed by atoms with Crippen LogP contribution in [0.3, 0.4) is 0 Å². The molecule has 21 heavy (non-hydrogen) atoms. The van der Waals surface area contributed by atoms with E-state index in [1.165, 1.54) is 24.9 Å². The Balaban J connectivity index is 2.08. The Morgan fingerprint density at radius 2 is 2.00 bits per heavy atom. The number of rotatable bonds is 7. The van der Waals surface area contributed by atoms with Crippen LogP contribution in [-0.2, 0) is 26.4 Å². The summed E-state index contributed by atoms with van der Waals surface area (Å²) in [7, 11) is 2.04. The maximum Gasteiger partial charge on any atom is 0.158 e. The van der Waals surface area contributed by atoms with Gasteiger partial charge in [-0.05, 0) is 31.1 Å². The summed E-state index contributed by atoms with van der Waals surface area (Å²) >= 11 is 5.99. The summed E-state index contributed by atoms with van der Waals surface area (Å²) in [5, 5.41) is 4.68. The van der Waals surface area contributed by atoms with Gasteiger partial charge >= 0.3 is 0 Å². The zero-order valence-corrected chi connectivity index (χ0v) is 14.1. The van der Waals surface area contributed by atoms with Crippen LogP contribution in [0.1, 0.15) is 51.0 Å². The topological polar surface area (TPSA) is 35.6 Å². The van der Waals surface area contributed by atoms with E-state index in [1.54, 1.807) is 0 Å². The Morgan fingerprint density at radius 1 is 1.24 bits per heavy atom. The molecule has 1 aliphatic carbocycles. The van der Waals surface area contributed by atoms with Gasteiger partial charge in [0.25, 0.3) is 0 Å². The van der Waals surface area contributed by atoms with Gasteiger partial charge in [0.15, 0.2) is 5.65 Å². The molecule has 0 aliphatic heterocycles. The highest BCUT2D eigenvalue weighted by Gasteiger charge is 2.42. The highest BCUT2D eigenvalue weighted by molar-refractivity contribution is 6.17. The van der Waals surface area contributed by atoms with Gasteiger partial charge in [0.1, 0.15) is 11.3 Å². The molecule has 1 fully saturated rings. The molecule has 2 aromatic rings. The molecule has 1 saturated carbocycles. The van der Waals surface area contributed by atoms with Gasteiger partial charge in [0.05, 0.1) is 5.69 Å². The number of fused-ring (bicyclic) bond motifs is 1. The van der Waals surface area contributed by atoms with E-state index < -0.39 is 0 Å². The van der Waals surface area contributed by atoms with Crippen molar-refractivity contribution in [2.75, 3.05) is 5.88 Å². The lowest BCUT2D eigenvalue weighted by molar-refractivity contribution is 0.404. The highest BCUT2D eigenvalue weighted by Crippen LogP contribution is 2.50. The third-order valence-electron chi connectivity index (χ3n) is 4.88. The molecular weight excluding hydrogens is 284 g/mol. The van der Waals surface area contributed by atoms with E-state index in [2.05, 4.69) is 23.5 Å². The number of imidazole rings is 1. The molecule has 0 N–H and O–H groups in total. The predicted molar refractivity (Wildman–Crippen MR) is 86.9 cm³/mol. The normalized spacial score (nSPS) is 16.8. The molecule has 0 saturated heterocycles. The van der Waals surface area contributed by atoms with E-state index in [0.29, 0.717) is 11.3 Å². The van der Waals surface area contributed by atoms with E-state index in [0.717, 1.165) is 42.8 Å². The lowest BCUT2D eigenvalue weighted by Crippen LogP contribution is -2.15. The van der Waals surface area contributed by atoms with Gasteiger partial charge in [0, 0.05) is 25.9 Å². The fourth-order valence-corrected chi connectivity index (χ4v) is 3.44. The van der Waals surface area contributed by atoms with Crippen LogP contribution in [0.25, 0.3) is 11.2 Å². The first-order valence-corrected chi connectivity index (χ1v) is 8.64. The fourth-order valence-electron chi connectivity index (χ4n) is 3.27. The third-order valence-corrected chi connectivity index (χ3v) is 5.07. The quantitative estimate of drug-likeness (QED) is 0.731. The molecule has 0 aromatic carbocycles. The number of aryl methyl sites for hydroxylation is 3. The van der Waals surface area contributed by atoms with E-state index in [-0.39, 0.29) is 0 Å². The second-order valence-corrected chi connectivity index (χ2v) is 6.78. The number of hydrogen-bond acceptors (Lipinski definition) is 2. The summed E-state index contributed by atoms with van der Waals surface area (Å²) in [5.41, 5.74) is 3.89. The summed E-state index contributed by atoms with van der Waals surface area (Å²) in [6, 6.07) is 0. The Kier molecular flexibility index (Phi) is 4.00. The van der Waals surface area contributed by atoms with Crippen molar-refractivity contribution in [3.63, 3.8) is 0 Å². The Labute approximate surface area is 131 Å². The number of hydrogen-bond donors (Lipinski definition) is 0. The standard InChI is InChI=1S/C16H25ClN4/c1-4-6-12-14-15(20(3)19-12)21(13(18-14)7-10-17)11-16(5-2)8-9-16/h4-11H2,1-3H3. The zero-order valence-electron chi connectivity index (χ0n) is 13.3. The van der Waals surface area contributed by atoms with Crippen LogP contribution in [0.4, 0.5) is 0 Å². The van der Waals surface area contributed by atoms with Gasteiger partial charge in [-0.1, -0.05) is 20.3 Å². The van der Waals surface area contributed by atoms with Crippen molar-refractivity contribution in [3.8, 4) is 0 Å². The first-order chi connectivity index (χ1) is 10.1. The second-order valence-electron chi connectivity index (χ2n) is 6.40. The number of alkyl halides is 1. The second kappa shape index (κ2) is 5.64. The average Bonchev–Trinajstić information content (AvgIpc) is 3.07. The van der Waals surface area contributed by atoms with Crippen molar-refractivity contribution >= 4 is 22.8 Å². The van der Waals surface area contributed by atoms with Crippen molar-refractivity contribution < 1.29 is 0 Å². The summed E-state index contributed by atoms with van der Waals surface area (Å²) in [5.74, 6) is 1.75. The summed E-state index contributed by atoms with van der Waals surface area (Å²) in [6.45, 7) is 5.55. The van der Waals surface area contributed by atoms with Crippen LogP contribution in [-0.4, -0.2) is 25.2 Å². The Bertz CT molecular complexity index is 636. The lowest BCUT2D eigenvalue weighted by Gasteiger charge is -2.16. The monoisotopic (exact) mass is 308 g/mol. The fraction of sp³-hybridized carbons (Fsp3) is 0.750. The first-order valence-electron chi connectivity index (χ1n) is 8.11. The Morgan fingerprint density at radius 3 is 2.57 bits per heavy atom. The molecule has 0 bridgehead atoms. The van der Waals surface area contributed by atoms with Crippen molar-refractivity contribution in [1.29, 1.82) is 0 Å². The highest BCUT2D eigenvalue weighted by atomic mass is 35.5. The number of aromatic nitrogens is 4. The number of nitrogens with zero attached hydrogens (tertiary/aromatic N) is 4. The van der Waals surface area contributed by atoms with Gasteiger partial charge in [-0.15, -0.1) is 11.6 Å². The van der Waals surface area contributed by atoms with Crippen LogP contribution in [0, 0.1) is 5.41 Å². The van der Waals surface area contributed by atoms with Crippen molar-refractivity contribution in [2.24, 2.45) is 12.5 Å². The van der Waals surface area contributed by atoms with E-state index in [1.807, 2.05) is 11.7 Å². The molecule has 116 valence electrons. The average molecular weight is 309 g/mol. The van der Waals surface area contributed by atoms with E-state index in [9.17, 15) is 0 Å². The van der Waals surface area contributed by atoms with Crippen molar-refractivity contribution in [1.82, 2.24) is 19.3 Å². The van der Waals surface area contributed by atoms with Crippen LogP contribution >= 0.6 is 11.6 Å². The minimum absolute atomic E-state index is 0.490. The van der Waals surface area contributed by atoms with Gasteiger partial charge in [-0.2, -0.15) is 5.10 Å². The van der Waals surface area contributed by atoms with Crippen molar-refractivity contribution in [2.45, 2.75) is 58.9 Å². The molecule has 0 spiro atoms. The largest absolute Gasteiger partial charge is 0.312 e.